The highest BCUT2D eigenvalue weighted by atomic mass is 16.6. The van der Waals surface area contributed by atoms with Gasteiger partial charge in [-0.05, 0) is 19.3 Å². The smallest absolute Gasteiger partial charge is 0.324 e. The van der Waals surface area contributed by atoms with E-state index in [2.05, 4.69) is 12.2 Å². The molecule has 3 N–H and O–H groups in total. The summed E-state index contributed by atoms with van der Waals surface area (Å²) in [6.07, 6.45) is 6.36. The van der Waals surface area contributed by atoms with Crippen molar-refractivity contribution in [3.05, 3.63) is 42.5 Å². The zero-order valence-corrected chi connectivity index (χ0v) is 14.7. The first-order valence-electron chi connectivity index (χ1n) is 8.38. The minimum Gasteiger partial charge on any atom is -0.497 e. The molecule has 12 heteroatoms. The highest BCUT2D eigenvalue weighted by Gasteiger charge is 2.30. The maximum absolute atomic E-state index is 10.4. The summed E-state index contributed by atoms with van der Waals surface area (Å²) in [4.78, 5) is 27.8. The van der Waals surface area contributed by atoms with Gasteiger partial charge in [-0.3, -0.25) is 30.3 Å². The number of aliphatic hydroxyl groups excluding tert-OH is 1. The van der Waals surface area contributed by atoms with E-state index in [1.54, 1.807) is 0 Å². The first-order valence-corrected chi connectivity index (χ1v) is 8.38. The lowest BCUT2D eigenvalue weighted by atomic mass is 10.2. The molecule has 0 radical (unpaired) electrons. The number of nitrogens with one attached hydrogen (secondary N) is 1. The third-order valence-electron chi connectivity index (χ3n) is 4.20. The van der Waals surface area contributed by atoms with Crippen LogP contribution in [0.3, 0.4) is 0 Å². The maximum atomic E-state index is 10.4. The topological polar surface area (TPSA) is 182 Å². The summed E-state index contributed by atoms with van der Waals surface area (Å²) in [5, 5.41) is 52.6. The molecular weight excluding hydrogens is 364 g/mol. The van der Waals surface area contributed by atoms with Crippen LogP contribution in [0.2, 0.25) is 0 Å². The fourth-order valence-corrected chi connectivity index (χ4v) is 2.70. The van der Waals surface area contributed by atoms with E-state index in [1.165, 1.54) is 25.7 Å². The lowest BCUT2D eigenvalue weighted by molar-refractivity contribution is -0.404. The van der Waals surface area contributed by atoms with Crippen LogP contribution in [0, 0.1) is 30.3 Å². The molecule has 1 aromatic carbocycles. The van der Waals surface area contributed by atoms with Gasteiger partial charge in [0.05, 0.1) is 33.5 Å². The number of phenolic OH excluding ortho intramolecular Hbond substituents is 1. The van der Waals surface area contributed by atoms with Gasteiger partial charge in [0.15, 0.2) is 0 Å². The molecule has 1 aliphatic rings. The van der Waals surface area contributed by atoms with Crippen LogP contribution >= 0.6 is 0 Å². The zero-order chi connectivity index (χ0) is 20.6. The van der Waals surface area contributed by atoms with Crippen molar-refractivity contribution in [2.75, 3.05) is 6.61 Å². The molecule has 27 heavy (non-hydrogen) atoms. The zero-order valence-electron chi connectivity index (χ0n) is 14.7. The number of benzene rings is 1. The predicted octanol–water partition coefficient (Wildman–Crippen LogP) is 2.41. The van der Waals surface area contributed by atoms with Crippen molar-refractivity contribution in [1.82, 2.24) is 5.32 Å². The summed E-state index contributed by atoms with van der Waals surface area (Å²) in [5.41, 5.74) is -3.00. The molecule has 1 unspecified atom stereocenters. The number of nitro groups is 3. The third kappa shape index (κ3) is 6.42. The summed E-state index contributed by atoms with van der Waals surface area (Å²) >= 11 is 0. The van der Waals surface area contributed by atoms with E-state index in [4.69, 9.17) is 10.2 Å². The van der Waals surface area contributed by atoms with E-state index >= 15 is 0 Å². The molecule has 2 rings (SSSR count). The van der Waals surface area contributed by atoms with Gasteiger partial charge < -0.3 is 15.5 Å². The van der Waals surface area contributed by atoms with Gasteiger partial charge in [-0.1, -0.05) is 19.8 Å². The molecule has 0 bridgehead atoms. The Morgan fingerprint density at radius 1 is 1.07 bits per heavy atom. The first-order chi connectivity index (χ1) is 12.7. The SMILES string of the molecule is CCC(CO)NC1CCCC1.O=[N+]([O-])c1cc([N+](=O)[O-])c(O)c([N+](=O)[O-])c1. The minimum absolute atomic E-state index is 0.285. The Labute approximate surface area is 154 Å². The van der Waals surface area contributed by atoms with Crippen LogP contribution in [-0.4, -0.2) is 43.7 Å². The molecule has 0 saturated heterocycles. The summed E-state index contributed by atoms with van der Waals surface area (Å²) in [5.74, 6) is -1.21. The number of nitrogens with zero attached hydrogens (tertiary/aromatic N) is 3. The molecule has 0 aliphatic heterocycles. The molecule has 0 amide bonds. The molecule has 1 atom stereocenters. The molecule has 0 heterocycles. The normalized spacial score (nSPS) is 14.9. The van der Waals surface area contributed by atoms with Gasteiger partial charge in [0.1, 0.15) is 0 Å². The van der Waals surface area contributed by atoms with Gasteiger partial charge in [-0.2, -0.15) is 0 Å². The van der Waals surface area contributed by atoms with E-state index in [0.29, 0.717) is 24.2 Å². The first kappa shape index (κ1) is 22.2. The molecule has 12 nitrogen and oxygen atoms in total. The Kier molecular flexibility index (Phi) is 8.48. The van der Waals surface area contributed by atoms with E-state index in [9.17, 15) is 30.3 Å². The van der Waals surface area contributed by atoms with Gasteiger partial charge in [0.2, 0.25) is 0 Å². The van der Waals surface area contributed by atoms with Gasteiger partial charge in [-0.15, -0.1) is 0 Å². The second-order valence-corrected chi connectivity index (χ2v) is 6.04. The van der Waals surface area contributed by atoms with Gasteiger partial charge in [0, 0.05) is 12.1 Å². The maximum Gasteiger partial charge on any atom is 0.324 e. The summed E-state index contributed by atoms with van der Waals surface area (Å²) in [6, 6.07) is 1.91. The molecule has 150 valence electrons. The average Bonchev–Trinajstić information content (AvgIpc) is 3.12. The van der Waals surface area contributed by atoms with Crippen molar-refractivity contribution in [2.45, 2.75) is 51.1 Å². The Balaban J connectivity index is 0.000000289. The van der Waals surface area contributed by atoms with Crippen molar-refractivity contribution in [2.24, 2.45) is 0 Å². The van der Waals surface area contributed by atoms with Crippen molar-refractivity contribution in [3.8, 4) is 5.75 Å². The van der Waals surface area contributed by atoms with Crippen LogP contribution < -0.4 is 5.32 Å². The van der Waals surface area contributed by atoms with E-state index in [1.807, 2.05) is 0 Å². The van der Waals surface area contributed by atoms with E-state index < -0.39 is 37.6 Å². The number of aromatic hydroxyl groups is 1. The van der Waals surface area contributed by atoms with Crippen LogP contribution in [0.5, 0.6) is 5.75 Å². The number of aliphatic hydroxyl groups is 1. The molecule has 0 spiro atoms. The van der Waals surface area contributed by atoms with Crippen molar-refractivity contribution < 1.29 is 25.0 Å². The van der Waals surface area contributed by atoms with Crippen molar-refractivity contribution in [1.29, 1.82) is 0 Å². The third-order valence-corrected chi connectivity index (χ3v) is 4.20. The summed E-state index contributed by atoms with van der Waals surface area (Å²) < 4.78 is 0. The summed E-state index contributed by atoms with van der Waals surface area (Å²) in [7, 11) is 0. The number of nitro benzene ring substituents is 3. The van der Waals surface area contributed by atoms with Crippen molar-refractivity contribution >= 4 is 17.1 Å². The van der Waals surface area contributed by atoms with E-state index in [-0.39, 0.29) is 6.61 Å². The largest absolute Gasteiger partial charge is 0.497 e. The predicted molar refractivity (Wildman–Crippen MR) is 94.6 cm³/mol. The van der Waals surface area contributed by atoms with Crippen LogP contribution in [0.15, 0.2) is 12.1 Å². The molecular formula is C15H22N4O8. The van der Waals surface area contributed by atoms with E-state index in [0.717, 1.165) is 6.42 Å². The van der Waals surface area contributed by atoms with Crippen LogP contribution in [0.4, 0.5) is 17.1 Å². The van der Waals surface area contributed by atoms with Crippen LogP contribution in [0.1, 0.15) is 39.0 Å². The second-order valence-electron chi connectivity index (χ2n) is 6.04. The summed E-state index contributed by atoms with van der Waals surface area (Å²) in [6.45, 7) is 2.40. The van der Waals surface area contributed by atoms with Crippen LogP contribution in [0.25, 0.3) is 0 Å². The van der Waals surface area contributed by atoms with Crippen LogP contribution in [-0.2, 0) is 0 Å². The molecule has 1 aliphatic carbocycles. The van der Waals surface area contributed by atoms with Gasteiger partial charge in [-0.25, -0.2) is 0 Å². The Hall–Kier alpha value is -2.86. The Morgan fingerprint density at radius 2 is 1.56 bits per heavy atom. The Bertz CT molecular complexity index is 651. The average molecular weight is 386 g/mol. The fraction of sp³-hybridized carbons (Fsp3) is 0.600. The molecule has 1 aromatic rings. The highest BCUT2D eigenvalue weighted by molar-refractivity contribution is 5.64. The minimum atomic E-state index is -1.21. The lowest BCUT2D eigenvalue weighted by Gasteiger charge is -2.19. The molecule has 1 fully saturated rings. The van der Waals surface area contributed by atoms with Gasteiger partial charge in [0.25, 0.3) is 11.4 Å². The number of rotatable bonds is 7. The highest BCUT2D eigenvalue weighted by Crippen LogP contribution is 2.38. The molecule has 1 saturated carbocycles. The monoisotopic (exact) mass is 386 g/mol. The number of hydrogen-bond acceptors (Lipinski definition) is 9. The molecule has 0 aromatic heterocycles. The number of non-ortho nitro benzene ring substituents is 1. The lowest BCUT2D eigenvalue weighted by Crippen LogP contribution is -2.38. The van der Waals surface area contributed by atoms with Gasteiger partial charge >= 0.3 is 11.4 Å². The standard InChI is InChI=1S/C9H19NO.C6H3N3O7/c1-2-8(7-11)10-9-5-3-4-6-9;10-6-4(8(13)14)1-3(7(11)12)2-5(6)9(15)16/h8-11H,2-7H2,1H3;1-2,10H. The number of hydrogen-bond donors (Lipinski definition) is 3. The number of phenols is 1. The quantitative estimate of drug-likeness (QED) is 0.468. The fourth-order valence-electron chi connectivity index (χ4n) is 2.70. The Morgan fingerprint density at radius 3 is 1.89 bits per heavy atom. The van der Waals surface area contributed by atoms with Crippen molar-refractivity contribution in [3.63, 3.8) is 0 Å². The second kappa shape index (κ2) is 10.3.